The van der Waals surface area contributed by atoms with E-state index < -0.39 is 6.10 Å². The third-order valence-corrected chi connectivity index (χ3v) is 3.20. The fourth-order valence-corrected chi connectivity index (χ4v) is 2.09. The third-order valence-electron chi connectivity index (χ3n) is 3.20. The molecule has 0 spiro atoms. The van der Waals surface area contributed by atoms with Gasteiger partial charge in [0.25, 0.3) is 0 Å². The highest BCUT2D eigenvalue weighted by Gasteiger charge is 2.09. The minimum absolute atomic E-state index is 0.131. The normalized spacial score (nSPS) is 12.0. The van der Waals surface area contributed by atoms with Crippen LogP contribution in [0.2, 0.25) is 0 Å². The summed E-state index contributed by atoms with van der Waals surface area (Å²) < 4.78 is 10.6. The molecule has 0 saturated carbocycles. The van der Waals surface area contributed by atoms with Crippen molar-refractivity contribution in [2.24, 2.45) is 0 Å². The van der Waals surface area contributed by atoms with E-state index in [0.717, 1.165) is 36.1 Å². The van der Waals surface area contributed by atoms with E-state index in [1.54, 1.807) is 6.92 Å². The molecule has 0 saturated heterocycles. The van der Waals surface area contributed by atoms with Crippen LogP contribution in [0, 0.1) is 6.92 Å². The molecule has 1 unspecified atom stereocenters. The Morgan fingerprint density at radius 2 is 2.05 bits per heavy atom. The topological polar surface area (TPSA) is 55.8 Å². The van der Waals surface area contributed by atoms with E-state index in [9.17, 15) is 9.90 Å². The Kier molecular flexibility index (Phi) is 7.83. The molecule has 4 heteroatoms. The first-order chi connectivity index (χ1) is 10.0. The Hall–Kier alpha value is -1.55. The molecule has 1 atom stereocenters. The van der Waals surface area contributed by atoms with Crippen molar-refractivity contribution in [1.82, 2.24) is 0 Å². The zero-order valence-corrected chi connectivity index (χ0v) is 13.2. The molecule has 0 aliphatic rings. The van der Waals surface area contributed by atoms with Gasteiger partial charge in [-0.05, 0) is 52.2 Å². The quantitative estimate of drug-likeness (QED) is 0.559. The molecule has 0 aliphatic carbocycles. The molecule has 0 aromatic heterocycles. The molecule has 0 aliphatic heterocycles. The molecule has 0 amide bonds. The largest absolute Gasteiger partial charge is 0.493 e. The SMILES string of the molecule is CCOC(=O)CCCCCOc1ccc(C)cc1C(C)O. The molecular formula is C17H26O4. The van der Waals surface area contributed by atoms with Crippen molar-refractivity contribution in [2.45, 2.75) is 52.6 Å². The number of unbranched alkanes of at least 4 members (excludes halogenated alkanes) is 2. The highest BCUT2D eigenvalue weighted by atomic mass is 16.5. The van der Waals surface area contributed by atoms with Gasteiger partial charge in [-0.2, -0.15) is 0 Å². The summed E-state index contributed by atoms with van der Waals surface area (Å²) in [6.45, 7) is 6.57. The first-order valence-corrected chi connectivity index (χ1v) is 7.61. The molecule has 1 N–H and O–H groups in total. The monoisotopic (exact) mass is 294 g/mol. The minimum atomic E-state index is -0.538. The van der Waals surface area contributed by atoms with E-state index in [-0.39, 0.29) is 5.97 Å². The second kappa shape index (κ2) is 9.40. The van der Waals surface area contributed by atoms with Gasteiger partial charge in [0.05, 0.1) is 19.3 Å². The molecule has 118 valence electrons. The molecular weight excluding hydrogens is 268 g/mol. The maximum Gasteiger partial charge on any atom is 0.305 e. The van der Waals surface area contributed by atoms with Crippen molar-refractivity contribution in [2.75, 3.05) is 13.2 Å². The van der Waals surface area contributed by atoms with Gasteiger partial charge in [0.15, 0.2) is 0 Å². The summed E-state index contributed by atoms with van der Waals surface area (Å²) >= 11 is 0. The summed E-state index contributed by atoms with van der Waals surface area (Å²) in [5, 5.41) is 9.75. The van der Waals surface area contributed by atoms with E-state index in [2.05, 4.69) is 0 Å². The van der Waals surface area contributed by atoms with Crippen molar-refractivity contribution in [3.8, 4) is 5.75 Å². The Balaban J connectivity index is 2.28. The fourth-order valence-electron chi connectivity index (χ4n) is 2.09. The predicted octanol–water partition coefficient (Wildman–Crippen LogP) is 3.55. The van der Waals surface area contributed by atoms with E-state index in [1.165, 1.54) is 0 Å². The van der Waals surface area contributed by atoms with Gasteiger partial charge in [-0.1, -0.05) is 11.6 Å². The minimum Gasteiger partial charge on any atom is -0.493 e. The second-order valence-electron chi connectivity index (χ2n) is 5.18. The van der Waals surface area contributed by atoms with Gasteiger partial charge in [0.2, 0.25) is 0 Å². The number of esters is 1. The Morgan fingerprint density at radius 3 is 2.71 bits per heavy atom. The lowest BCUT2D eigenvalue weighted by Gasteiger charge is -2.14. The molecule has 1 aromatic carbocycles. The average molecular weight is 294 g/mol. The summed E-state index contributed by atoms with van der Waals surface area (Å²) in [5.74, 6) is 0.606. The number of ether oxygens (including phenoxy) is 2. The molecule has 4 nitrogen and oxygen atoms in total. The Labute approximate surface area is 127 Å². The second-order valence-corrected chi connectivity index (χ2v) is 5.18. The van der Waals surface area contributed by atoms with E-state index >= 15 is 0 Å². The smallest absolute Gasteiger partial charge is 0.305 e. The molecule has 21 heavy (non-hydrogen) atoms. The lowest BCUT2D eigenvalue weighted by Crippen LogP contribution is -2.05. The Bertz CT molecular complexity index is 440. The number of carbonyl (C=O) groups excluding carboxylic acids is 1. The van der Waals surface area contributed by atoms with Gasteiger partial charge in [-0.3, -0.25) is 4.79 Å². The number of aliphatic hydroxyl groups is 1. The van der Waals surface area contributed by atoms with Crippen LogP contribution in [0.15, 0.2) is 18.2 Å². The van der Waals surface area contributed by atoms with Crippen molar-refractivity contribution < 1.29 is 19.4 Å². The summed E-state index contributed by atoms with van der Waals surface area (Å²) in [4.78, 5) is 11.2. The van der Waals surface area contributed by atoms with E-state index in [0.29, 0.717) is 19.6 Å². The standard InChI is InChI=1S/C17H26O4/c1-4-20-17(19)8-6-5-7-11-21-16-10-9-13(2)12-15(16)14(3)18/h9-10,12,14,18H,4-8,11H2,1-3H3. The maximum absolute atomic E-state index is 11.2. The van der Waals surface area contributed by atoms with Crippen LogP contribution in [0.3, 0.4) is 0 Å². The lowest BCUT2D eigenvalue weighted by molar-refractivity contribution is -0.143. The number of rotatable bonds is 9. The van der Waals surface area contributed by atoms with Gasteiger partial charge in [-0.25, -0.2) is 0 Å². The fraction of sp³-hybridized carbons (Fsp3) is 0.588. The number of aliphatic hydroxyl groups excluding tert-OH is 1. The summed E-state index contributed by atoms with van der Waals surface area (Å²) in [5.41, 5.74) is 1.93. The summed E-state index contributed by atoms with van der Waals surface area (Å²) in [7, 11) is 0. The average Bonchev–Trinajstić information content (AvgIpc) is 2.44. The Morgan fingerprint density at radius 1 is 1.29 bits per heavy atom. The van der Waals surface area contributed by atoms with Gasteiger partial charge in [-0.15, -0.1) is 0 Å². The lowest BCUT2D eigenvalue weighted by atomic mass is 10.1. The van der Waals surface area contributed by atoms with Crippen LogP contribution in [0.1, 0.15) is 56.8 Å². The first-order valence-electron chi connectivity index (χ1n) is 7.61. The highest BCUT2D eigenvalue weighted by molar-refractivity contribution is 5.69. The van der Waals surface area contributed by atoms with Crippen LogP contribution >= 0.6 is 0 Å². The van der Waals surface area contributed by atoms with Crippen LogP contribution in [0.4, 0.5) is 0 Å². The predicted molar refractivity (Wildman–Crippen MR) is 82.4 cm³/mol. The zero-order valence-electron chi connectivity index (χ0n) is 13.2. The highest BCUT2D eigenvalue weighted by Crippen LogP contribution is 2.26. The van der Waals surface area contributed by atoms with Gasteiger partial charge >= 0.3 is 5.97 Å². The van der Waals surface area contributed by atoms with Crippen LogP contribution in [-0.4, -0.2) is 24.3 Å². The molecule has 1 aromatic rings. The first kappa shape index (κ1) is 17.5. The number of hydrogen-bond acceptors (Lipinski definition) is 4. The molecule has 0 radical (unpaired) electrons. The molecule has 1 rings (SSSR count). The van der Waals surface area contributed by atoms with Gasteiger partial charge in [0.1, 0.15) is 5.75 Å². The summed E-state index contributed by atoms with van der Waals surface area (Å²) in [6, 6.07) is 5.82. The van der Waals surface area contributed by atoms with Crippen LogP contribution < -0.4 is 4.74 Å². The summed E-state index contributed by atoms with van der Waals surface area (Å²) in [6.07, 6.45) is 2.56. The number of benzene rings is 1. The van der Waals surface area contributed by atoms with Crippen molar-refractivity contribution >= 4 is 5.97 Å². The van der Waals surface area contributed by atoms with Crippen molar-refractivity contribution in [1.29, 1.82) is 0 Å². The van der Waals surface area contributed by atoms with Gasteiger partial charge in [0, 0.05) is 12.0 Å². The number of hydrogen-bond donors (Lipinski definition) is 1. The number of carbonyl (C=O) groups is 1. The van der Waals surface area contributed by atoms with Crippen LogP contribution in [0.5, 0.6) is 5.75 Å². The maximum atomic E-state index is 11.2. The molecule has 0 fully saturated rings. The molecule has 0 bridgehead atoms. The van der Waals surface area contributed by atoms with Gasteiger partial charge < -0.3 is 14.6 Å². The van der Waals surface area contributed by atoms with E-state index in [1.807, 2.05) is 32.0 Å². The van der Waals surface area contributed by atoms with E-state index in [4.69, 9.17) is 9.47 Å². The zero-order chi connectivity index (χ0) is 15.7. The third kappa shape index (κ3) is 6.63. The number of aryl methyl sites for hydroxylation is 1. The van der Waals surface area contributed by atoms with Crippen LogP contribution in [0.25, 0.3) is 0 Å². The van der Waals surface area contributed by atoms with Crippen LogP contribution in [-0.2, 0) is 9.53 Å². The van der Waals surface area contributed by atoms with Crippen molar-refractivity contribution in [3.05, 3.63) is 29.3 Å². The molecule has 0 heterocycles. The van der Waals surface area contributed by atoms with Crippen molar-refractivity contribution in [3.63, 3.8) is 0 Å².